The van der Waals surface area contributed by atoms with Gasteiger partial charge >= 0.3 is 5.63 Å². The third kappa shape index (κ3) is 2.30. The average Bonchev–Trinajstić information content (AvgIpc) is 2.25. The molecular weight excluding hydrogens is 263 g/mol. The minimum Gasteiger partial charge on any atom is -0.507 e. The van der Waals surface area contributed by atoms with Crippen LogP contribution >= 0.6 is 23.2 Å². The van der Waals surface area contributed by atoms with Gasteiger partial charge in [-0.3, -0.25) is 0 Å². The highest BCUT2D eigenvalue weighted by Gasteiger charge is 2.11. The van der Waals surface area contributed by atoms with E-state index in [1.807, 2.05) is 0 Å². The fraction of sp³-hybridized carbons (Fsp3) is 0.0833. The van der Waals surface area contributed by atoms with E-state index >= 15 is 0 Å². The molecule has 0 amide bonds. The summed E-state index contributed by atoms with van der Waals surface area (Å²) in [6.07, 6.45) is 0. The highest BCUT2D eigenvalue weighted by atomic mass is 35.5. The second-order valence-electron chi connectivity index (χ2n) is 3.53. The van der Waals surface area contributed by atoms with Crippen molar-refractivity contribution in [2.45, 2.75) is 6.92 Å². The van der Waals surface area contributed by atoms with E-state index in [4.69, 9.17) is 27.6 Å². The van der Waals surface area contributed by atoms with E-state index in [0.29, 0.717) is 15.6 Å². The van der Waals surface area contributed by atoms with E-state index < -0.39 is 5.63 Å². The van der Waals surface area contributed by atoms with E-state index in [9.17, 15) is 9.90 Å². The van der Waals surface area contributed by atoms with Gasteiger partial charge in [0.25, 0.3) is 0 Å². The predicted octanol–water partition coefficient (Wildman–Crippen LogP) is 3.63. The Hall–Kier alpha value is -1.45. The van der Waals surface area contributed by atoms with Gasteiger partial charge in [-0.25, -0.2) is 4.79 Å². The number of halogens is 2. The van der Waals surface area contributed by atoms with Crippen molar-refractivity contribution in [1.29, 1.82) is 0 Å². The van der Waals surface area contributed by atoms with Crippen LogP contribution in [0.1, 0.15) is 5.56 Å². The average molecular weight is 271 g/mol. The summed E-state index contributed by atoms with van der Waals surface area (Å²) in [5.74, 6) is 0.0852. The molecule has 88 valence electrons. The molecular formula is C12H8Cl2O3. The normalized spacial score (nSPS) is 10.5. The quantitative estimate of drug-likeness (QED) is 0.861. The SMILES string of the molecule is Cc1c(O)cc(-c2ccc(Cl)cc2Cl)oc1=O. The van der Waals surface area contributed by atoms with Crippen molar-refractivity contribution < 1.29 is 9.52 Å². The summed E-state index contributed by atoms with van der Waals surface area (Å²) in [5.41, 5.74) is 0.0771. The molecule has 0 bridgehead atoms. The Balaban J connectivity index is 2.65. The van der Waals surface area contributed by atoms with Crippen molar-refractivity contribution >= 4 is 23.2 Å². The molecule has 1 aromatic carbocycles. The van der Waals surface area contributed by atoms with Crippen LogP contribution in [0.5, 0.6) is 5.75 Å². The second kappa shape index (κ2) is 4.43. The van der Waals surface area contributed by atoms with Crippen LogP contribution in [0.3, 0.4) is 0 Å². The summed E-state index contributed by atoms with van der Waals surface area (Å²) in [6.45, 7) is 1.48. The highest BCUT2D eigenvalue weighted by Crippen LogP contribution is 2.31. The van der Waals surface area contributed by atoms with Crippen molar-refractivity contribution in [2.24, 2.45) is 0 Å². The molecule has 0 spiro atoms. The summed E-state index contributed by atoms with van der Waals surface area (Å²) >= 11 is 11.7. The first-order valence-electron chi connectivity index (χ1n) is 4.78. The molecule has 1 heterocycles. The Kier molecular flexibility index (Phi) is 3.13. The Morgan fingerprint density at radius 3 is 2.53 bits per heavy atom. The topological polar surface area (TPSA) is 50.4 Å². The number of hydrogen-bond donors (Lipinski definition) is 1. The first kappa shape index (κ1) is 12.0. The summed E-state index contributed by atoms with van der Waals surface area (Å²) in [6, 6.07) is 6.14. The zero-order valence-electron chi connectivity index (χ0n) is 8.83. The van der Waals surface area contributed by atoms with Gasteiger partial charge in [-0.05, 0) is 25.1 Å². The largest absolute Gasteiger partial charge is 0.507 e. The molecule has 0 saturated carbocycles. The van der Waals surface area contributed by atoms with Crippen LogP contribution in [0.2, 0.25) is 10.0 Å². The van der Waals surface area contributed by atoms with Gasteiger partial charge in [-0.1, -0.05) is 23.2 Å². The van der Waals surface area contributed by atoms with Crippen LogP contribution in [0, 0.1) is 6.92 Å². The lowest BCUT2D eigenvalue weighted by molar-refractivity contribution is 0.445. The number of aromatic hydroxyl groups is 1. The van der Waals surface area contributed by atoms with Gasteiger partial charge in [0, 0.05) is 16.7 Å². The highest BCUT2D eigenvalue weighted by molar-refractivity contribution is 6.36. The lowest BCUT2D eigenvalue weighted by atomic mass is 10.1. The van der Waals surface area contributed by atoms with Gasteiger partial charge in [0.2, 0.25) is 0 Å². The summed E-state index contributed by atoms with van der Waals surface area (Å²) in [7, 11) is 0. The molecule has 3 nitrogen and oxygen atoms in total. The van der Waals surface area contributed by atoms with Crippen molar-refractivity contribution in [3.63, 3.8) is 0 Å². The van der Waals surface area contributed by atoms with Crippen LogP contribution in [0.25, 0.3) is 11.3 Å². The second-order valence-corrected chi connectivity index (χ2v) is 4.38. The van der Waals surface area contributed by atoms with Gasteiger partial charge in [0.1, 0.15) is 11.5 Å². The minimum absolute atomic E-state index is 0.123. The number of rotatable bonds is 1. The molecule has 0 saturated heterocycles. The van der Waals surface area contributed by atoms with E-state index in [2.05, 4.69) is 0 Å². The lowest BCUT2D eigenvalue weighted by Crippen LogP contribution is -2.03. The lowest BCUT2D eigenvalue weighted by Gasteiger charge is -2.05. The van der Waals surface area contributed by atoms with Crippen LogP contribution in [-0.4, -0.2) is 5.11 Å². The van der Waals surface area contributed by atoms with Gasteiger partial charge < -0.3 is 9.52 Å². The van der Waals surface area contributed by atoms with Crippen molar-refractivity contribution in [3.05, 3.63) is 50.3 Å². The minimum atomic E-state index is -0.592. The molecule has 1 N–H and O–H groups in total. The van der Waals surface area contributed by atoms with E-state index in [1.54, 1.807) is 12.1 Å². The molecule has 0 aliphatic rings. The van der Waals surface area contributed by atoms with E-state index in [-0.39, 0.29) is 17.1 Å². The predicted molar refractivity (Wildman–Crippen MR) is 66.8 cm³/mol. The van der Waals surface area contributed by atoms with Gasteiger partial charge in [-0.2, -0.15) is 0 Å². The van der Waals surface area contributed by atoms with Gasteiger partial charge in [0.05, 0.1) is 10.6 Å². The fourth-order valence-corrected chi connectivity index (χ4v) is 1.87. The van der Waals surface area contributed by atoms with Crippen molar-refractivity contribution in [3.8, 4) is 17.1 Å². The summed E-state index contributed by atoms with van der Waals surface area (Å²) < 4.78 is 5.05. The van der Waals surface area contributed by atoms with Crippen LogP contribution < -0.4 is 5.63 Å². The van der Waals surface area contributed by atoms with Crippen LogP contribution in [0.4, 0.5) is 0 Å². The fourth-order valence-electron chi connectivity index (χ4n) is 1.36. The Morgan fingerprint density at radius 2 is 1.94 bits per heavy atom. The third-order valence-electron chi connectivity index (χ3n) is 2.36. The zero-order chi connectivity index (χ0) is 12.6. The third-order valence-corrected chi connectivity index (χ3v) is 2.91. The zero-order valence-corrected chi connectivity index (χ0v) is 10.3. The van der Waals surface area contributed by atoms with Crippen molar-refractivity contribution in [2.75, 3.05) is 0 Å². The van der Waals surface area contributed by atoms with Crippen molar-refractivity contribution in [1.82, 2.24) is 0 Å². The van der Waals surface area contributed by atoms with E-state index in [0.717, 1.165) is 0 Å². The molecule has 1 aromatic heterocycles. The maximum atomic E-state index is 11.4. The molecule has 0 atom stereocenters. The van der Waals surface area contributed by atoms with E-state index in [1.165, 1.54) is 19.1 Å². The van der Waals surface area contributed by atoms with Gasteiger partial charge in [0.15, 0.2) is 0 Å². The number of benzene rings is 1. The van der Waals surface area contributed by atoms with Crippen LogP contribution in [-0.2, 0) is 0 Å². The maximum Gasteiger partial charge on any atom is 0.342 e. The van der Waals surface area contributed by atoms with Gasteiger partial charge in [-0.15, -0.1) is 0 Å². The van der Waals surface area contributed by atoms with Crippen LogP contribution in [0.15, 0.2) is 33.5 Å². The molecule has 0 unspecified atom stereocenters. The monoisotopic (exact) mass is 270 g/mol. The Morgan fingerprint density at radius 1 is 1.24 bits per heavy atom. The molecule has 0 aliphatic heterocycles. The molecule has 2 aromatic rings. The first-order chi connectivity index (χ1) is 7.99. The Bertz CT molecular complexity index is 632. The summed E-state index contributed by atoms with van der Waals surface area (Å²) in [4.78, 5) is 11.4. The molecule has 0 fully saturated rings. The maximum absolute atomic E-state index is 11.4. The first-order valence-corrected chi connectivity index (χ1v) is 5.54. The Labute approximate surface area is 107 Å². The molecule has 5 heteroatoms. The smallest absolute Gasteiger partial charge is 0.342 e. The molecule has 2 rings (SSSR count). The molecule has 0 radical (unpaired) electrons. The molecule has 0 aliphatic carbocycles. The summed E-state index contributed by atoms with van der Waals surface area (Å²) in [5, 5.41) is 10.4. The molecule has 17 heavy (non-hydrogen) atoms. The number of hydrogen-bond acceptors (Lipinski definition) is 3. The standard InChI is InChI=1S/C12H8Cl2O3/c1-6-10(15)5-11(17-12(6)16)8-3-2-7(13)4-9(8)14/h2-5,15H,1H3.